The second-order valence-corrected chi connectivity index (χ2v) is 7.54. The van der Waals surface area contributed by atoms with E-state index >= 15 is 0 Å². The number of rotatable bonds is 4. The second-order valence-electron chi connectivity index (χ2n) is 6.68. The Morgan fingerprint density at radius 2 is 2.14 bits per heavy atom. The number of hydrogen-bond donors (Lipinski definition) is 2. The summed E-state index contributed by atoms with van der Waals surface area (Å²) < 4.78 is 34.7. The molecule has 0 bridgehead atoms. The van der Waals surface area contributed by atoms with Crippen molar-refractivity contribution < 1.29 is 18.0 Å². The van der Waals surface area contributed by atoms with E-state index in [1.54, 1.807) is 30.1 Å². The summed E-state index contributed by atoms with van der Waals surface area (Å²) in [7, 11) is 1.80. The number of hydrogen-bond acceptors (Lipinski definition) is 4. The van der Waals surface area contributed by atoms with Gasteiger partial charge in [-0.3, -0.25) is 9.48 Å². The van der Waals surface area contributed by atoms with Gasteiger partial charge in [0.2, 0.25) is 0 Å². The number of amides is 1. The maximum Gasteiger partial charge on any atom is 0.287 e. The highest BCUT2D eigenvalue weighted by molar-refractivity contribution is 9.10. The van der Waals surface area contributed by atoms with Crippen LogP contribution in [0.4, 0.5) is 8.78 Å². The van der Waals surface area contributed by atoms with Crippen LogP contribution in [0, 0.1) is 11.6 Å². The fourth-order valence-electron chi connectivity index (χ4n) is 3.48. The quantitative estimate of drug-likeness (QED) is 0.640. The van der Waals surface area contributed by atoms with Crippen molar-refractivity contribution in [3.63, 3.8) is 0 Å². The summed E-state index contributed by atoms with van der Waals surface area (Å²) in [5.74, 6) is -2.16. The Hall–Kier alpha value is -2.52. The number of nitrogens with one attached hydrogen (secondary N) is 2. The zero-order valence-electron chi connectivity index (χ0n) is 14.9. The first-order valence-corrected chi connectivity index (χ1v) is 9.46. The van der Waals surface area contributed by atoms with Gasteiger partial charge in [-0.15, -0.1) is 0 Å². The Bertz CT molecular complexity index is 1010. The number of carbonyl (C=O) groups excluding carboxylic acids is 1. The molecule has 2 unspecified atom stereocenters. The molecule has 9 heteroatoms. The molecule has 4 rings (SSSR count). The van der Waals surface area contributed by atoms with Gasteiger partial charge in [0.15, 0.2) is 17.4 Å². The lowest BCUT2D eigenvalue weighted by Crippen LogP contribution is -2.39. The molecule has 1 fully saturated rings. The highest BCUT2D eigenvalue weighted by Crippen LogP contribution is 2.29. The smallest absolute Gasteiger partial charge is 0.287 e. The first-order valence-electron chi connectivity index (χ1n) is 8.67. The van der Waals surface area contributed by atoms with Crippen LogP contribution in [0.1, 0.15) is 22.0 Å². The van der Waals surface area contributed by atoms with E-state index in [2.05, 4.69) is 31.7 Å². The van der Waals surface area contributed by atoms with Crippen LogP contribution in [-0.2, 0) is 7.05 Å². The molecule has 3 aromatic rings. The minimum absolute atomic E-state index is 0.166. The van der Waals surface area contributed by atoms with Gasteiger partial charge in [-0.2, -0.15) is 5.10 Å². The summed E-state index contributed by atoms with van der Waals surface area (Å²) in [5, 5.41) is 10.2. The lowest BCUT2D eigenvalue weighted by atomic mass is 9.94. The van der Waals surface area contributed by atoms with Crippen LogP contribution in [0.3, 0.4) is 0 Å². The number of halogens is 3. The lowest BCUT2D eigenvalue weighted by molar-refractivity contribution is 0.0909. The Balaban J connectivity index is 1.51. The summed E-state index contributed by atoms with van der Waals surface area (Å²) >= 11 is 3.42. The monoisotopic (exact) mass is 450 g/mol. The highest BCUT2D eigenvalue weighted by Gasteiger charge is 2.31. The lowest BCUT2D eigenvalue weighted by Gasteiger charge is -2.20. The molecular weight excluding hydrogens is 434 g/mol. The second kappa shape index (κ2) is 7.48. The van der Waals surface area contributed by atoms with Gasteiger partial charge in [-0.05, 0) is 39.7 Å². The van der Waals surface area contributed by atoms with Gasteiger partial charge in [0.05, 0.1) is 16.4 Å². The van der Waals surface area contributed by atoms with Crippen molar-refractivity contribution in [2.24, 2.45) is 7.05 Å². The zero-order valence-corrected chi connectivity index (χ0v) is 16.5. The standard InChI is InChI=1S/C19H17BrF2N4O2/c1-26-18(13(20)7-24-26)11-5-17(28-9-11)19(27)25-16-8-23-6-12(16)10-2-3-14(21)15(22)4-10/h2-5,7,9,12,16,23H,6,8H2,1H3,(H,25,27). The molecule has 0 radical (unpaired) electrons. The molecule has 3 heterocycles. The van der Waals surface area contributed by atoms with Crippen molar-refractivity contribution >= 4 is 21.8 Å². The molecule has 6 nitrogen and oxygen atoms in total. The van der Waals surface area contributed by atoms with Crippen LogP contribution in [0.15, 0.2) is 45.6 Å². The van der Waals surface area contributed by atoms with Crippen LogP contribution in [0.2, 0.25) is 0 Å². The van der Waals surface area contributed by atoms with Crippen molar-refractivity contribution in [2.75, 3.05) is 13.1 Å². The SMILES string of the molecule is Cn1ncc(Br)c1-c1coc(C(=O)NC2CNCC2c2ccc(F)c(F)c2)c1. The molecule has 2 aromatic heterocycles. The number of aromatic nitrogens is 2. The molecule has 0 aliphatic carbocycles. The van der Waals surface area contributed by atoms with Crippen molar-refractivity contribution in [3.05, 3.63) is 64.2 Å². The molecule has 0 spiro atoms. The summed E-state index contributed by atoms with van der Waals surface area (Å²) in [6.45, 7) is 1.08. The summed E-state index contributed by atoms with van der Waals surface area (Å²) in [5.41, 5.74) is 2.15. The van der Waals surface area contributed by atoms with Gasteiger partial charge in [0.25, 0.3) is 5.91 Å². The maximum absolute atomic E-state index is 13.6. The van der Waals surface area contributed by atoms with Crippen molar-refractivity contribution in [1.82, 2.24) is 20.4 Å². The van der Waals surface area contributed by atoms with E-state index in [-0.39, 0.29) is 23.6 Å². The summed E-state index contributed by atoms with van der Waals surface area (Å²) in [4.78, 5) is 12.7. The number of carbonyl (C=O) groups is 1. The van der Waals surface area contributed by atoms with Gasteiger partial charge in [-0.25, -0.2) is 8.78 Å². The van der Waals surface area contributed by atoms with Gasteiger partial charge in [-0.1, -0.05) is 6.07 Å². The van der Waals surface area contributed by atoms with Crippen LogP contribution in [-0.4, -0.2) is 34.8 Å². The van der Waals surface area contributed by atoms with E-state index in [1.165, 1.54) is 12.3 Å². The topological polar surface area (TPSA) is 72.1 Å². The molecule has 0 saturated carbocycles. The van der Waals surface area contributed by atoms with E-state index in [4.69, 9.17) is 4.42 Å². The van der Waals surface area contributed by atoms with Crippen LogP contribution >= 0.6 is 15.9 Å². The molecule has 1 aromatic carbocycles. The fourth-order valence-corrected chi connectivity index (χ4v) is 4.06. The first-order chi connectivity index (χ1) is 13.4. The molecule has 28 heavy (non-hydrogen) atoms. The largest absolute Gasteiger partial charge is 0.458 e. The minimum atomic E-state index is -0.896. The first kappa shape index (κ1) is 18.8. The predicted octanol–water partition coefficient (Wildman–Crippen LogP) is 3.21. The average molecular weight is 451 g/mol. The number of benzene rings is 1. The van der Waals surface area contributed by atoms with Crippen LogP contribution in [0.5, 0.6) is 0 Å². The van der Waals surface area contributed by atoms with E-state index in [0.717, 1.165) is 21.8 Å². The van der Waals surface area contributed by atoms with Crippen LogP contribution < -0.4 is 10.6 Å². The molecule has 2 atom stereocenters. The van der Waals surface area contributed by atoms with Gasteiger partial charge >= 0.3 is 0 Å². The number of aryl methyl sites for hydroxylation is 1. The average Bonchev–Trinajstić information content (AvgIpc) is 3.38. The third kappa shape index (κ3) is 3.47. The Morgan fingerprint density at radius 3 is 2.86 bits per heavy atom. The van der Waals surface area contributed by atoms with E-state index < -0.39 is 11.6 Å². The van der Waals surface area contributed by atoms with Crippen molar-refractivity contribution in [3.8, 4) is 11.3 Å². The van der Waals surface area contributed by atoms with Crippen molar-refractivity contribution in [1.29, 1.82) is 0 Å². The van der Waals surface area contributed by atoms with E-state index in [1.807, 2.05) is 0 Å². The summed E-state index contributed by atoms with van der Waals surface area (Å²) in [6, 6.07) is 5.20. The van der Waals surface area contributed by atoms with E-state index in [0.29, 0.717) is 18.7 Å². The van der Waals surface area contributed by atoms with Gasteiger partial charge in [0, 0.05) is 37.7 Å². The molecule has 1 amide bonds. The predicted molar refractivity (Wildman–Crippen MR) is 102 cm³/mol. The van der Waals surface area contributed by atoms with E-state index in [9.17, 15) is 13.6 Å². The van der Waals surface area contributed by atoms with Crippen LogP contribution in [0.25, 0.3) is 11.3 Å². The Morgan fingerprint density at radius 1 is 1.32 bits per heavy atom. The molecule has 1 aliphatic heterocycles. The maximum atomic E-state index is 13.6. The van der Waals surface area contributed by atoms with Gasteiger partial charge < -0.3 is 15.1 Å². The van der Waals surface area contributed by atoms with Crippen molar-refractivity contribution in [2.45, 2.75) is 12.0 Å². The summed E-state index contributed by atoms with van der Waals surface area (Å²) in [6.07, 6.45) is 3.16. The minimum Gasteiger partial charge on any atom is -0.458 e. The molecule has 146 valence electrons. The zero-order chi connectivity index (χ0) is 19.8. The molecule has 1 aliphatic rings. The number of furan rings is 1. The molecular formula is C19H17BrF2N4O2. The fraction of sp³-hybridized carbons (Fsp3) is 0.263. The Kier molecular flexibility index (Phi) is 5.03. The third-order valence-electron chi connectivity index (χ3n) is 4.89. The molecule has 2 N–H and O–H groups in total. The number of nitrogens with zero attached hydrogens (tertiary/aromatic N) is 2. The Labute approximate surface area is 168 Å². The third-order valence-corrected chi connectivity index (χ3v) is 5.47. The van der Waals surface area contributed by atoms with Gasteiger partial charge in [0.1, 0.15) is 6.26 Å². The highest BCUT2D eigenvalue weighted by atomic mass is 79.9. The normalized spacial score (nSPS) is 19.1. The molecule has 1 saturated heterocycles.